The molecule has 3 aromatic heterocycles. The van der Waals surface area contributed by atoms with E-state index in [1.165, 1.54) is 0 Å². The van der Waals surface area contributed by atoms with Crippen LogP contribution in [-0.4, -0.2) is 24.7 Å². The van der Waals surface area contributed by atoms with Crippen LogP contribution in [0.4, 0.5) is 0 Å². The number of hydrogen-bond donors (Lipinski definition) is 1. The fourth-order valence-corrected chi connectivity index (χ4v) is 2.00. The van der Waals surface area contributed by atoms with Gasteiger partial charge in [-0.15, -0.1) is 0 Å². The second-order valence-corrected chi connectivity index (χ2v) is 3.90. The summed E-state index contributed by atoms with van der Waals surface area (Å²) in [5.41, 5.74) is 2.83. The smallest absolute Gasteiger partial charge is 0.141 e. The maximum atomic E-state index is 4.37. The number of fused-ring (bicyclic) bond motifs is 1. The van der Waals surface area contributed by atoms with Crippen molar-refractivity contribution in [2.24, 2.45) is 0 Å². The molecule has 86 valence electrons. The summed E-state index contributed by atoms with van der Waals surface area (Å²) >= 11 is 0. The van der Waals surface area contributed by atoms with Crippen molar-refractivity contribution in [1.29, 1.82) is 0 Å². The van der Waals surface area contributed by atoms with Gasteiger partial charge in [-0.3, -0.25) is 4.68 Å². The largest absolute Gasteiger partial charge is 0.346 e. The fraction of sp³-hybridized carbons (Fsp3) is 0.250. The SMILES string of the molecule is CCCn1nccc1-c1ncnc2[nH]ccc12. The standard InChI is InChI=1S/C12H13N5/c1-2-7-17-10(4-6-16-17)11-9-3-5-13-12(9)15-8-14-11/h3-6,8H,2,7H2,1H3,(H,13,14,15). The van der Waals surface area contributed by atoms with Crippen molar-refractivity contribution >= 4 is 11.0 Å². The van der Waals surface area contributed by atoms with Crippen molar-refractivity contribution in [3.8, 4) is 11.4 Å². The highest BCUT2D eigenvalue weighted by Crippen LogP contribution is 2.24. The van der Waals surface area contributed by atoms with Crippen molar-refractivity contribution in [3.63, 3.8) is 0 Å². The van der Waals surface area contributed by atoms with E-state index in [9.17, 15) is 0 Å². The Kier molecular flexibility index (Phi) is 2.36. The van der Waals surface area contributed by atoms with E-state index >= 15 is 0 Å². The molecule has 0 saturated heterocycles. The number of aromatic nitrogens is 5. The highest BCUT2D eigenvalue weighted by Gasteiger charge is 2.11. The monoisotopic (exact) mass is 227 g/mol. The minimum absolute atomic E-state index is 0.860. The van der Waals surface area contributed by atoms with Gasteiger partial charge in [0.05, 0.1) is 5.69 Å². The molecule has 0 aliphatic heterocycles. The maximum Gasteiger partial charge on any atom is 0.141 e. The van der Waals surface area contributed by atoms with Gasteiger partial charge in [-0.2, -0.15) is 5.10 Å². The van der Waals surface area contributed by atoms with Gasteiger partial charge in [-0.05, 0) is 18.6 Å². The van der Waals surface area contributed by atoms with Gasteiger partial charge in [0.15, 0.2) is 0 Å². The summed E-state index contributed by atoms with van der Waals surface area (Å²) in [6.45, 7) is 3.04. The number of nitrogens with zero attached hydrogens (tertiary/aromatic N) is 4. The molecule has 3 rings (SSSR count). The molecule has 0 unspecified atom stereocenters. The van der Waals surface area contributed by atoms with Gasteiger partial charge in [-0.1, -0.05) is 6.92 Å². The summed E-state index contributed by atoms with van der Waals surface area (Å²) in [6, 6.07) is 3.98. The van der Waals surface area contributed by atoms with E-state index in [4.69, 9.17) is 0 Å². The third-order valence-corrected chi connectivity index (χ3v) is 2.75. The normalized spacial score (nSPS) is 11.1. The molecule has 0 saturated carbocycles. The van der Waals surface area contributed by atoms with Crippen LogP contribution in [-0.2, 0) is 6.54 Å². The number of aryl methyl sites for hydroxylation is 1. The lowest BCUT2D eigenvalue weighted by molar-refractivity contribution is 0.608. The van der Waals surface area contributed by atoms with Crippen LogP contribution in [0, 0.1) is 0 Å². The minimum atomic E-state index is 0.860. The molecule has 0 spiro atoms. The van der Waals surface area contributed by atoms with Gasteiger partial charge in [0.1, 0.15) is 17.7 Å². The minimum Gasteiger partial charge on any atom is -0.346 e. The predicted molar refractivity (Wildman–Crippen MR) is 65.4 cm³/mol. The van der Waals surface area contributed by atoms with Crippen molar-refractivity contribution in [2.45, 2.75) is 19.9 Å². The summed E-state index contributed by atoms with van der Waals surface area (Å²) in [4.78, 5) is 11.7. The van der Waals surface area contributed by atoms with Crippen LogP contribution in [0.5, 0.6) is 0 Å². The Labute approximate surface area is 98.5 Å². The van der Waals surface area contributed by atoms with Gasteiger partial charge < -0.3 is 4.98 Å². The second-order valence-electron chi connectivity index (χ2n) is 3.90. The molecule has 0 radical (unpaired) electrons. The van der Waals surface area contributed by atoms with E-state index in [1.807, 2.05) is 29.2 Å². The first kappa shape index (κ1) is 10.0. The van der Waals surface area contributed by atoms with Crippen LogP contribution in [0.25, 0.3) is 22.4 Å². The number of rotatable bonds is 3. The Hall–Kier alpha value is -2.17. The average Bonchev–Trinajstić information content (AvgIpc) is 2.96. The lowest BCUT2D eigenvalue weighted by atomic mass is 10.2. The van der Waals surface area contributed by atoms with Crippen LogP contribution in [0.3, 0.4) is 0 Å². The number of nitrogens with one attached hydrogen (secondary N) is 1. The summed E-state index contributed by atoms with van der Waals surface area (Å²) in [5.74, 6) is 0. The second kappa shape index (κ2) is 4.01. The van der Waals surface area contributed by atoms with E-state index in [0.29, 0.717) is 0 Å². The Morgan fingerprint density at radius 1 is 1.29 bits per heavy atom. The van der Waals surface area contributed by atoms with E-state index < -0.39 is 0 Å². The Balaban J connectivity index is 2.20. The fourth-order valence-electron chi connectivity index (χ4n) is 2.00. The number of aromatic amines is 1. The van der Waals surface area contributed by atoms with E-state index in [2.05, 4.69) is 27.0 Å². The Bertz CT molecular complexity index is 637. The molecule has 0 atom stereocenters. The van der Waals surface area contributed by atoms with Gasteiger partial charge in [0, 0.05) is 24.3 Å². The zero-order valence-corrected chi connectivity index (χ0v) is 9.59. The predicted octanol–water partition coefficient (Wildman–Crippen LogP) is 2.23. The van der Waals surface area contributed by atoms with Crippen LogP contribution in [0.2, 0.25) is 0 Å². The first-order valence-corrected chi connectivity index (χ1v) is 5.70. The first-order chi connectivity index (χ1) is 8.40. The van der Waals surface area contributed by atoms with Crippen LogP contribution < -0.4 is 0 Å². The van der Waals surface area contributed by atoms with E-state index in [0.717, 1.165) is 35.4 Å². The van der Waals surface area contributed by atoms with Crippen molar-refractivity contribution in [3.05, 3.63) is 30.9 Å². The molecule has 0 aliphatic rings. The summed E-state index contributed by atoms with van der Waals surface area (Å²) in [6.07, 6.45) is 6.32. The molecule has 0 aliphatic carbocycles. The Morgan fingerprint density at radius 2 is 2.24 bits per heavy atom. The third-order valence-electron chi connectivity index (χ3n) is 2.75. The molecule has 0 amide bonds. The lowest BCUT2D eigenvalue weighted by Gasteiger charge is -2.05. The molecule has 0 bridgehead atoms. The summed E-state index contributed by atoms with van der Waals surface area (Å²) in [5, 5.41) is 5.35. The molecule has 1 N–H and O–H groups in total. The number of H-pyrrole nitrogens is 1. The zero-order valence-electron chi connectivity index (χ0n) is 9.59. The number of hydrogen-bond acceptors (Lipinski definition) is 3. The van der Waals surface area contributed by atoms with Gasteiger partial charge in [0.25, 0.3) is 0 Å². The molecule has 3 heterocycles. The molecular weight excluding hydrogens is 214 g/mol. The van der Waals surface area contributed by atoms with E-state index in [1.54, 1.807) is 6.33 Å². The molecule has 5 heteroatoms. The molecular formula is C12H13N5. The molecule has 0 aromatic carbocycles. The van der Waals surface area contributed by atoms with E-state index in [-0.39, 0.29) is 0 Å². The molecule has 5 nitrogen and oxygen atoms in total. The lowest BCUT2D eigenvalue weighted by Crippen LogP contribution is -2.02. The zero-order chi connectivity index (χ0) is 11.7. The van der Waals surface area contributed by atoms with Crippen LogP contribution in [0.1, 0.15) is 13.3 Å². The average molecular weight is 227 g/mol. The first-order valence-electron chi connectivity index (χ1n) is 5.70. The Morgan fingerprint density at radius 3 is 3.12 bits per heavy atom. The highest BCUT2D eigenvalue weighted by molar-refractivity contribution is 5.89. The molecule has 0 fully saturated rings. The summed E-state index contributed by atoms with van der Waals surface area (Å²) < 4.78 is 1.98. The molecule has 3 aromatic rings. The van der Waals surface area contributed by atoms with Crippen molar-refractivity contribution in [2.75, 3.05) is 0 Å². The maximum absolute atomic E-state index is 4.37. The third kappa shape index (κ3) is 1.60. The summed E-state index contributed by atoms with van der Waals surface area (Å²) in [7, 11) is 0. The van der Waals surface area contributed by atoms with Crippen molar-refractivity contribution in [1.82, 2.24) is 24.7 Å². The van der Waals surface area contributed by atoms with Gasteiger partial charge in [-0.25, -0.2) is 9.97 Å². The molecule has 17 heavy (non-hydrogen) atoms. The van der Waals surface area contributed by atoms with Gasteiger partial charge >= 0.3 is 0 Å². The highest BCUT2D eigenvalue weighted by atomic mass is 15.3. The quantitative estimate of drug-likeness (QED) is 0.746. The topological polar surface area (TPSA) is 59.4 Å². The van der Waals surface area contributed by atoms with Crippen LogP contribution >= 0.6 is 0 Å². The van der Waals surface area contributed by atoms with Crippen LogP contribution in [0.15, 0.2) is 30.9 Å². The van der Waals surface area contributed by atoms with Gasteiger partial charge in [0.2, 0.25) is 0 Å². The van der Waals surface area contributed by atoms with Crippen molar-refractivity contribution < 1.29 is 0 Å².